The number of nitrogens with one attached hydrogen (secondary N) is 1. The van der Waals surface area contributed by atoms with Crippen LogP contribution in [0.15, 0.2) is 69.5 Å². The van der Waals surface area contributed by atoms with Gasteiger partial charge in [-0.05, 0) is 111 Å². The van der Waals surface area contributed by atoms with Crippen LogP contribution in [0.5, 0.6) is 0 Å². The molecule has 0 amide bonds. The molecular weight excluding hydrogens is 560 g/mol. The number of fused-ring (bicyclic) bond motifs is 1. The highest BCUT2D eigenvalue weighted by atomic mass is 16.5. The average molecular weight is 611 g/mol. The van der Waals surface area contributed by atoms with Gasteiger partial charge in [0.1, 0.15) is 11.5 Å². The van der Waals surface area contributed by atoms with Crippen LogP contribution in [-0.2, 0) is 19.1 Å². The van der Waals surface area contributed by atoms with E-state index in [4.69, 9.17) is 15.2 Å². The molecule has 0 unspecified atom stereocenters. The van der Waals surface area contributed by atoms with Crippen molar-refractivity contribution >= 4 is 11.9 Å². The highest BCUT2D eigenvalue weighted by Crippen LogP contribution is 2.71. The standard InChI is InChI=1S/C39H50N2O4/c1-2-38(17-6-7-18-38)23-30-28-14-13-27-26-15-19-39(34(27)33(28)36(42)44-30)31(12-8-11-24-9-4-3-5-10-24)45-37(43)35(39)29(26)21-25-16-20-41-32(40)22-25/h12,16,22-24,26-27,34,41H,2-11,13-15,17-21,40H2,1H3/b30-23-,31-12-/t26-,27-,34+,39-/m0/s1. The van der Waals surface area contributed by atoms with E-state index in [0.29, 0.717) is 18.3 Å². The maximum Gasteiger partial charge on any atom is 0.340 e. The number of carbonyl (C=O) groups is 2. The van der Waals surface area contributed by atoms with Crippen molar-refractivity contribution < 1.29 is 19.1 Å². The van der Waals surface area contributed by atoms with Crippen LogP contribution in [0.2, 0.25) is 0 Å². The lowest BCUT2D eigenvalue weighted by Gasteiger charge is -2.56. The van der Waals surface area contributed by atoms with Gasteiger partial charge in [-0.3, -0.25) is 0 Å². The van der Waals surface area contributed by atoms with E-state index in [0.717, 1.165) is 91.1 Å². The van der Waals surface area contributed by atoms with E-state index in [1.54, 1.807) is 0 Å². The maximum atomic E-state index is 14.1. The molecule has 1 spiro atoms. The van der Waals surface area contributed by atoms with Crippen molar-refractivity contribution in [2.75, 3.05) is 6.54 Å². The highest BCUT2D eigenvalue weighted by Gasteiger charge is 2.68. The van der Waals surface area contributed by atoms with E-state index in [9.17, 15) is 9.59 Å². The second-order valence-electron chi connectivity index (χ2n) is 15.4. The Hall–Kier alpha value is -3.02. The number of hydrogen-bond acceptors (Lipinski definition) is 6. The Balaban J connectivity index is 1.23. The number of cyclic esters (lactones) is 2. The fourth-order valence-electron chi connectivity index (χ4n) is 11.1. The minimum absolute atomic E-state index is 0.0618. The Morgan fingerprint density at radius 2 is 1.82 bits per heavy atom. The third kappa shape index (κ3) is 4.71. The summed E-state index contributed by atoms with van der Waals surface area (Å²) in [5.41, 5.74) is 11.0. The molecule has 6 heteroatoms. The second kappa shape index (κ2) is 11.3. The minimum Gasteiger partial charge on any atom is -0.427 e. The monoisotopic (exact) mass is 610 g/mol. The van der Waals surface area contributed by atoms with Crippen LogP contribution < -0.4 is 11.1 Å². The predicted octanol–water partition coefficient (Wildman–Crippen LogP) is 7.95. The van der Waals surface area contributed by atoms with Gasteiger partial charge in [0.15, 0.2) is 0 Å². The van der Waals surface area contributed by atoms with Crippen molar-refractivity contribution in [1.82, 2.24) is 5.32 Å². The number of nitrogens with two attached hydrogens (primary N) is 1. The van der Waals surface area contributed by atoms with Crippen LogP contribution in [0, 0.1) is 34.5 Å². The zero-order valence-electron chi connectivity index (χ0n) is 27.1. The third-order valence-electron chi connectivity index (χ3n) is 13.2. The van der Waals surface area contributed by atoms with Crippen molar-refractivity contribution in [2.45, 2.75) is 116 Å². The molecule has 2 bridgehead atoms. The van der Waals surface area contributed by atoms with Crippen LogP contribution >= 0.6 is 0 Å². The molecule has 45 heavy (non-hydrogen) atoms. The largest absolute Gasteiger partial charge is 0.427 e. The smallest absolute Gasteiger partial charge is 0.340 e. The molecule has 9 aliphatic rings. The van der Waals surface area contributed by atoms with E-state index in [2.05, 4.69) is 30.5 Å². The summed E-state index contributed by atoms with van der Waals surface area (Å²) in [6, 6.07) is 0. The summed E-state index contributed by atoms with van der Waals surface area (Å²) in [6.45, 7) is 2.98. The van der Waals surface area contributed by atoms with Crippen LogP contribution in [0.1, 0.15) is 116 Å². The van der Waals surface area contributed by atoms with Gasteiger partial charge in [-0.25, -0.2) is 9.59 Å². The Kier molecular flexibility index (Phi) is 7.41. The number of esters is 2. The summed E-state index contributed by atoms with van der Waals surface area (Å²) in [7, 11) is 0. The molecular formula is C39H50N2O4. The van der Waals surface area contributed by atoms with Gasteiger partial charge in [0.05, 0.1) is 16.8 Å². The number of rotatable bonds is 7. The molecule has 4 atom stereocenters. The van der Waals surface area contributed by atoms with Crippen LogP contribution in [0.3, 0.4) is 0 Å². The third-order valence-corrected chi connectivity index (χ3v) is 13.2. The average Bonchev–Trinajstić information content (AvgIpc) is 3.73. The molecule has 0 aromatic heterocycles. The molecule has 0 radical (unpaired) electrons. The van der Waals surface area contributed by atoms with Gasteiger partial charge in [0.2, 0.25) is 0 Å². The molecule has 3 aliphatic heterocycles. The molecule has 240 valence electrons. The SMILES string of the molecule is CCC1(/C=C2\OC(=O)C3=C2CC[C@H]2[C@@H]4CC[C@@]5(C(=C4CC4=CCNC(N)=C4)C(=O)O/C5=C\CCC4CCCCC4)[C@@H]32)CCCC1. The molecule has 3 heterocycles. The first kappa shape index (κ1) is 29.4. The van der Waals surface area contributed by atoms with Gasteiger partial charge in [0, 0.05) is 23.6 Å². The van der Waals surface area contributed by atoms with Gasteiger partial charge in [0.25, 0.3) is 0 Å². The van der Waals surface area contributed by atoms with E-state index in [1.807, 2.05) is 6.08 Å². The Labute approximate surface area is 268 Å². The molecule has 0 aromatic rings. The summed E-state index contributed by atoms with van der Waals surface area (Å²) in [4.78, 5) is 28.1. The molecule has 1 saturated heterocycles. The lowest BCUT2D eigenvalue weighted by atomic mass is 9.44. The Morgan fingerprint density at radius 3 is 2.60 bits per heavy atom. The van der Waals surface area contributed by atoms with E-state index >= 15 is 0 Å². The number of dihydropyridines is 1. The van der Waals surface area contributed by atoms with E-state index in [1.165, 1.54) is 63.4 Å². The van der Waals surface area contributed by atoms with Crippen molar-refractivity contribution in [3.63, 3.8) is 0 Å². The summed E-state index contributed by atoms with van der Waals surface area (Å²) < 4.78 is 12.6. The predicted molar refractivity (Wildman–Crippen MR) is 174 cm³/mol. The summed E-state index contributed by atoms with van der Waals surface area (Å²) >= 11 is 0. The zero-order valence-corrected chi connectivity index (χ0v) is 27.1. The summed E-state index contributed by atoms with van der Waals surface area (Å²) in [5, 5.41) is 3.19. The van der Waals surface area contributed by atoms with Crippen molar-refractivity contribution in [3.8, 4) is 0 Å². The fraction of sp³-hybridized carbons (Fsp3) is 0.641. The highest BCUT2D eigenvalue weighted by molar-refractivity contribution is 6.00. The van der Waals surface area contributed by atoms with Crippen LogP contribution in [-0.4, -0.2) is 18.5 Å². The molecule has 6 aliphatic carbocycles. The summed E-state index contributed by atoms with van der Waals surface area (Å²) in [6.07, 6.45) is 27.9. The number of carbonyl (C=O) groups excluding carboxylic acids is 2. The van der Waals surface area contributed by atoms with Gasteiger partial charge in [-0.2, -0.15) is 0 Å². The first-order valence-corrected chi connectivity index (χ1v) is 18.2. The lowest BCUT2D eigenvalue weighted by Crippen LogP contribution is -2.52. The summed E-state index contributed by atoms with van der Waals surface area (Å²) in [5.74, 6) is 3.24. The molecule has 4 fully saturated rings. The van der Waals surface area contributed by atoms with Gasteiger partial charge in [-0.1, -0.05) is 63.5 Å². The van der Waals surface area contributed by atoms with Crippen LogP contribution in [0.25, 0.3) is 0 Å². The van der Waals surface area contributed by atoms with Crippen LogP contribution in [0.4, 0.5) is 0 Å². The first-order chi connectivity index (χ1) is 21.9. The Bertz CT molecular complexity index is 1480. The van der Waals surface area contributed by atoms with Gasteiger partial charge < -0.3 is 20.5 Å². The first-order valence-electron chi connectivity index (χ1n) is 18.2. The van der Waals surface area contributed by atoms with E-state index < -0.39 is 5.41 Å². The lowest BCUT2D eigenvalue weighted by molar-refractivity contribution is -0.135. The maximum absolute atomic E-state index is 14.1. The quantitative estimate of drug-likeness (QED) is 0.284. The van der Waals surface area contributed by atoms with Crippen molar-refractivity contribution in [2.24, 2.45) is 40.2 Å². The number of hydrogen-bond donors (Lipinski definition) is 2. The molecule has 9 rings (SSSR count). The van der Waals surface area contributed by atoms with Gasteiger partial charge in [-0.15, -0.1) is 0 Å². The molecule has 3 N–H and O–H groups in total. The normalized spacial score (nSPS) is 35.6. The minimum atomic E-state index is -0.577. The fourth-order valence-corrected chi connectivity index (χ4v) is 11.1. The van der Waals surface area contributed by atoms with Crippen molar-refractivity contribution in [3.05, 3.63) is 69.5 Å². The molecule has 6 nitrogen and oxygen atoms in total. The number of ether oxygens (including phenoxy) is 2. The number of allylic oxidation sites excluding steroid dienone is 7. The van der Waals surface area contributed by atoms with Gasteiger partial charge >= 0.3 is 11.9 Å². The molecule has 0 aromatic carbocycles. The second-order valence-corrected chi connectivity index (χ2v) is 15.4. The molecule has 3 saturated carbocycles. The zero-order chi connectivity index (χ0) is 30.8. The van der Waals surface area contributed by atoms with E-state index in [-0.39, 0.29) is 29.2 Å². The Morgan fingerprint density at radius 1 is 1.00 bits per heavy atom. The van der Waals surface area contributed by atoms with Crippen molar-refractivity contribution in [1.29, 1.82) is 0 Å². The topological polar surface area (TPSA) is 90.6 Å².